The molecular weight excluding hydrogens is 222 g/mol. The Morgan fingerprint density at radius 3 is 2.81 bits per heavy atom. The van der Waals surface area contributed by atoms with E-state index in [4.69, 9.17) is 4.74 Å². The maximum atomic E-state index is 11.3. The first kappa shape index (κ1) is 13.7. The highest BCUT2D eigenvalue weighted by Crippen LogP contribution is 2.20. The molecule has 1 aliphatic carbocycles. The zero-order valence-corrected chi connectivity index (χ0v) is 11.0. The van der Waals surface area contributed by atoms with E-state index in [1.165, 1.54) is 31.4 Å². The highest BCUT2D eigenvalue weighted by molar-refractivity contribution is 7.99. The van der Waals surface area contributed by atoms with Crippen molar-refractivity contribution in [3.63, 3.8) is 0 Å². The van der Waals surface area contributed by atoms with Gasteiger partial charge in [0.15, 0.2) is 0 Å². The summed E-state index contributed by atoms with van der Waals surface area (Å²) in [7, 11) is 0. The number of hydrogen-bond donors (Lipinski definition) is 1. The molecule has 0 unspecified atom stereocenters. The van der Waals surface area contributed by atoms with Crippen LogP contribution in [0.15, 0.2) is 0 Å². The number of nitrogens with one attached hydrogen (secondary N) is 1. The van der Waals surface area contributed by atoms with E-state index >= 15 is 0 Å². The summed E-state index contributed by atoms with van der Waals surface area (Å²) in [5.41, 5.74) is 0. The molecule has 1 rings (SSSR count). The molecular formula is C12H23NO2S. The number of unbranched alkanes of at least 4 members (excludes halogenated alkanes) is 1. The first-order valence-corrected chi connectivity index (χ1v) is 7.50. The minimum absolute atomic E-state index is 0.174. The van der Waals surface area contributed by atoms with E-state index < -0.39 is 0 Å². The number of rotatable bonds is 7. The highest BCUT2D eigenvalue weighted by atomic mass is 32.2. The second kappa shape index (κ2) is 8.74. The fourth-order valence-corrected chi connectivity index (χ4v) is 2.72. The molecule has 1 aliphatic rings. The maximum absolute atomic E-state index is 11.3. The van der Waals surface area contributed by atoms with E-state index in [0.29, 0.717) is 0 Å². The fraction of sp³-hybridized carbons (Fsp3) is 0.917. The van der Waals surface area contributed by atoms with Crippen LogP contribution in [0.2, 0.25) is 0 Å². The van der Waals surface area contributed by atoms with Gasteiger partial charge in [0, 0.05) is 12.3 Å². The minimum atomic E-state index is -0.233. The number of alkyl carbamates (subject to hydrolysis) is 1. The maximum Gasteiger partial charge on any atom is 0.407 e. The summed E-state index contributed by atoms with van der Waals surface area (Å²) in [6.45, 7) is 2.91. The summed E-state index contributed by atoms with van der Waals surface area (Å²) < 4.78 is 5.28. The number of ether oxygens (including phenoxy) is 1. The van der Waals surface area contributed by atoms with Crippen molar-refractivity contribution < 1.29 is 9.53 Å². The van der Waals surface area contributed by atoms with Gasteiger partial charge in [0.1, 0.15) is 6.10 Å². The first-order chi connectivity index (χ1) is 7.83. The quantitative estimate of drug-likeness (QED) is 0.700. The topological polar surface area (TPSA) is 38.3 Å². The second-order valence-electron chi connectivity index (χ2n) is 4.20. The highest BCUT2D eigenvalue weighted by Gasteiger charge is 2.18. The van der Waals surface area contributed by atoms with Gasteiger partial charge in [-0.3, -0.25) is 0 Å². The zero-order chi connectivity index (χ0) is 11.6. The molecule has 1 fully saturated rings. The monoisotopic (exact) mass is 245 g/mol. The second-order valence-corrected chi connectivity index (χ2v) is 5.43. The molecule has 0 heterocycles. The van der Waals surface area contributed by atoms with Crippen LogP contribution in [0.5, 0.6) is 0 Å². The predicted molar refractivity (Wildman–Crippen MR) is 69.0 cm³/mol. The lowest BCUT2D eigenvalue weighted by Gasteiger charge is -2.11. The Labute approximate surface area is 103 Å². The van der Waals surface area contributed by atoms with Gasteiger partial charge in [-0.2, -0.15) is 11.8 Å². The van der Waals surface area contributed by atoms with Crippen LogP contribution in [0, 0.1) is 0 Å². The molecule has 0 aromatic rings. The summed E-state index contributed by atoms with van der Waals surface area (Å²) in [5.74, 6) is 2.18. The molecule has 1 saturated carbocycles. The predicted octanol–water partition coefficient (Wildman–Crippen LogP) is 3.19. The van der Waals surface area contributed by atoms with E-state index in [1.54, 1.807) is 0 Å². The van der Waals surface area contributed by atoms with Crippen LogP contribution >= 0.6 is 11.8 Å². The Balaban J connectivity index is 1.89. The van der Waals surface area contributed by atoms with Crippen LogP contribution in [0.1, 0.15) is 45.4 Å². The largest absolute Gasteiger partial charge is 0.446 e. The molecule has 16 heavy (non-hydrogen) atoms. The number of thioether (sulfide) groups is 1. The van der Waals surface area contributed by atoms with Crippen LogP contribution in [0.3, 0.4) is 0 Å². The molecule has 0 atom stereocenters. The molecule has 0 aliphatic heterocycles. The lowest BCUT2D eigenvalue weighted by molar-refractivity contribution is 0.102. The number of carbonyl (C=O) groups is 1. The molecule has 1 N–H and O–H groups in total. The third-order valence-electron chi connectivity index (χ3n) is 2.73. The molecule has 0 aromatic heterocycles. The van der Waals surface area contributed by atoms with E-state index in [-0.39, 0.29) is 12.2 Å². The summed E-state index contributed by atoms with van der Waals surface area (Å²) in [6, 6.07) is 0. The molecule has 3 nitrogen and oxygen atoms in total. The average Bonchev–Trinajstić information content (AvgIpc) is 2.76. The fourth-order valence-electron chi connectivity index (χ4n) is 1.77. The summed E-state index contributed by atoms with van der Waals surface area (Å²) >= 11 is 1.89. The molecule has 0 saturated heterocycles. The van der Waals surface area contributed by atoms with Crippen molar-refractivity contribution in [1.82, 2.24) is 5.32 Å². The van der Waals surface area contributed by atoms with Crippen LogP contribution < -0.4 is 5.32 Å². The molecule has 0 radical (unpaired) electrons. The van der Waals surface area contributed by atoms with Crippen LogP contribution in [-0.4, -0.2) is 30.2 Å². The molecule has 94 valence electrons. The molecule has 0 spiro atoms. The third kappa shape index (κ3) is 6.26. The summed E-state index contributed by atoms with van der Waals surface area (Å²) in [4.78, 5) is 11.3. The van der Waals surface area contributed by atoms with Crippen LogP contribution in [0.4, 0.5) is 4.79 Å². The minimum Gasteiger partial charge on any atom is -0.446 e. The van der Waals surface area contributed by atoms with Crippen molar-refractivity contribution in [1.29, 1.82) is 0 Å². The van der Waals surface area contributed by atoms with Gasteiger partial charge in [0.2, 0.25) is 0 Å². The molecule has 4 heteroatoms. The molecule has 0 bridgehead atoms. The Kier molecular flexibility index (Phi) is 7.47. The van der Waals surface area contributed by atoms with Gasteiger partial charge in [0.05, 0.1) is 0 Å². The molecule has 1 amide bonds. The average molecular weight is 245 g/mol. The van der Waals surface area contributed by atoms with Gasteiger partial charge < -0.3 is 10.1 Å². The van der Waals surface area contributed by atoms with Gasteiger partial charge in [-0.1, -0.05) is 13.3 Å². The van der Waals surface area contributed by atoms with Gasteiger partial charge in [-0.05, 0) is 37.9 Å². The van der Waals surface area contributed by atoms with Crippen molar-refractivity contribution in [3.8, 4) is 0 Å². The summed E-state index contributed by atoms with van der Waals surface area (Å²) in [5, 5.41) is 2.80. The number of amides is 1. The number of hydrogen-bond acceptors (Lipinski definition) is 3. The standard InChI is InChI=1S/C12H23NO2S/c1-2-3-9-16-10-8-13-12(14)15-11-6-4-5-7-11/h11H,2-10H2,1H3,(H,13,14). The zero-order valence-electron chi connectivity index (χ0n) is 10.2. The first-order valence-electron chi connectivity index (χ1n) is 6.35. The SMILES string of the molecule is CCCCSCCNC(=O)OC1CCCC1. The lowest BCUT2D eigenvalue weighted by Crippen LogP contribution is -2.29. The lowest BCUT2D eigenvalue weighted by atomic mass is 10.3. The Morgan fingerprint density at radius 1 is 1.38 bits per heavy atom. The van der Waals surface area contributed by atoms with E-state index in [9.17, 15) is 4.79 Å². The van der Waals surface area contributed by atoms with Crippen molar-refractivity contribution >= 4 is 17.9 Å². The number of carbonyl (C=O) groups excluding carboxylic acids is 1. The Morgan fingerprint density at radius 2 is 2.12 bits per heavy atom. The van der Waals surface area contributed by atoms with Crippen molar-refractivity contribution in [2.45, 2.75) is 51.6 Å². The summed E-state index contributed by atoms with van der Waals surface area (Å²) in [6.07, 6.45) is 6.92. The Hall–Kier alpha value is -0.380. The van der Waals surface area contributed by atoms with E-state index in [0.717, 1.165) is 25.1 Å². The van der Waals surface area contributed by atoms with Crippen LogP contribution in [-0.2, 0) is 4.74 Å². The smallest absolute Gasteiger partial charge is 0.407 e. The van der Waals surface area contributed by atoms with Crippen molar-refractivity contribution in [3.05, 3.63) is 0 Å². The van der Waals surface area contributed by atoms with Gasteiger partial charge in [-0.25, -0.2) is 4.79 Å². The van der Waals surface area contributed by atoms with Crippen molar-refractivity contribution in [2.24, 2.45) is 0 Å². The van der Waals surface area contributed by atoms with E-state index in [2.05, 4.69) is 12.2 Å². The van der Waals surface area contributed by atoms with Crippen molar-refractivity contribution in [2.75, 3.05) is 18.1 Å². The van der Waals surface area contributed by atoms with Gasteiger partial charge >= 0.3 is 6.09 Å². The van der Waals surface area contributed by atoms with Crippen LogP contribution in [0.25, 0.3) is 0 Å². The van der Waals surface area contributed by atoms with E-state index in [1.807, 2.05) is 11.8 Å². The Bertz CT molecular complexity index is 193. The van der Waals surface area contributed by atoms with Gasteiger partial charge in [-0.15, -0.1) is 0 Å². The third-order valence-corrected chi connectivity index (χ3v) is 3.80. The van der Waals surface area contributed by atoms with Gasteiger partial charge in [0.25, 0.3) is 0 Å². The molecule has 0 aromatic carbocycles. The normalized spacial score (nSPS) is 16.3.